The minimum absolute atomic E-state index is 0.402. The summed E-state index contributed by atoms with van der Waals surface area (Å²) in [4.78, 5) is 8.10. The van der Waals surface area contributed by atoms with Gasteiger partial charge >= 0.3 is 0 Å². The van der Waals surface area contributed by atoms with E-state index in [2.05, 4.69) is 15.1 Å². The van der Waals surface area contributed by atoms with Crippen LogP contribution in [0.2, 0.25) is 0 Å². The standard InChI is InChI=1S/C9H10N4O/c1-2-7-12-9(14-13-7)6-4-3-5-11-8(6)10/h3-5H,2H2,1H3,(H2,10,11). The minimum Gasteiger partial charge on any atom is -0.383 e. The molecule has 0 radical (unpaired) electrons. The molecule has 0 aliphatic carbocycles. The maximum atomic E-state index is 5.66. The molecule has 0 bridgehead atoms. The number of hydrogen-bond donors (Lipinski definition) is 1. The third-order valence-electron chi connectivity index (χ3n) is 1.85. The molecule has 0 atom stereocenters. The van der Waals surface area contributed by atoms with Crippen LogP contribution >= 0.6 is 0 Å². The highest BCUT2D eigenvalue weighted by atomic mass is 16.5. The van der Waals surface area contributed by atoms with Crippen molar-refractivity contribution in [1.29, 1.82) is 0 Å². The van der Waals surface area contributed by atoms with Crippen molar-refractivity contribution in [2.24, 2.45) is 0 Å². The predicted octanol–water partition coefficient (Wildman–Crippen LogP) is 1.28. The monoisotopic (exact) mass is 190 g/mol. The highest BCUT2D eigenvalue weighted by molar-refractivity contribution is 5.66. The van der Waals surface area contributed by atoms with E-state index in [-0.39, 0.29) is 0 Å². The molecule has 2 N–H and O–H groups in total. The van der Waals surface area contributed by atoms with Crippen LogP contribution in [0.1, 0.15) is 12.7 Å². The van der Waals surface area contributed by atoms with E-state index in [0.717, 1.165) is 6.42 Å². The van der Waals surface area contributed by atoms with Crippen molar-refractivity contribution in [3.8, 4) is 11.5 Å². The van der Waals surface area contributed by atoms with Crippen LogP contribution in [0.25, 0.3) is 11.5 Å². The zero-order valence-electron chi connectivity index (χ0n) is 7.77. The molecule has 0 fully saturated rings. The molecule has 14 heavy (non-hydrogen) atoms. The van der Waals surface area contributed by atoms with Crippen molar-refractivity contribution in [2.75, 3.05) is 5.73 Å². The molecule has 0 aliphatic heterocycles. The molecule has 0 saturated carbocycles. The van der Waals surface area contributed by atoms with Gasteiger partial charge in [0, 0.05) is 12.6 Å². The SMILES string of the molecule is CCc1noc(-c2cccnc2N)n1. The number of nitrogen functional groups attached to an aromatic ring is 1. The van der Waals surface area contributed by atoms with Crippen LogP contribution in [0, 0.1) is 0 Å². The van der Waals surface area contributed by atoms with Crippen LogP contribution in [-0.4, -0.2) is 15.1 Å². The average molecular weight is 190 g/mol. The van der Waals surface area contributed by atoms with Crippen molar-refractivity contribution in [2.45, 2.75) is 13.3 Å². The van der Waals surface area contributed by atoms with Crippen LogP contribution in [-0.2, 0) is 6.42 Å². The molecular formula is C9H10N4O. The molecule has 0 unspecified atom stereocenters. The van der Waals surface area contributed by atoms with E-state index in [9.17, 15) is 0 Å². The zero-order valence-corrected chi connectivity index (χ0v) is 7.77. The summed E-state index contributed by atoms with van der Waals surface area (Å²) >= 11 is 0. The second-order valence-corrected chi connectivity index (χ2v) is 2.81. The Labute approximate surface area is 81.0 Å². The lowest BCUT2D eigenvalue weighted by Crippen LogP contribution is -1.93. The molecule has 0 spiro atoms. The second-order valence-electron chi connectivity index (χ2n) is 2.81. The Balaban J connectivity index is 2.44. The van der Waals surface area contributed by atoms with Crippen LogP contribution in [0.3, 0.4) is 0 Å². The highest BCUT2D eigenvalue weighted by Crippen LogP contribution is 2.21. The molecule has 0 saturated heterocycles. The van der Waals surface area contributed by atoms with Gasteiger partial charge in [0.05, 0.1) is 5.56 Å². The summed E-state index contributed by atoms with van der Waals surface area (Å²) < 4.78 is 5.04. The summed E-state index contributed by atoms with van der Waals surface area (Å²) in [6, 6.07) is 3.58. The Morgan fingerprint density at radius 2 is 2.36 bits per heavy atom. The van der Waals surface area contributed by atoms with Gasteiger partial charge in [-0.3, -0.25) is 0 Å². The first-order valence-corrected chi connectivity index (χ1v) is 4.34. The number of aromatic nitrogens is 3. The van der Waals surface area contributed by atoms with Gasteiger partial charge in [-0.05, 0) is 12.1 Å². The first-order valence-electron chi connectivity index (χ1n) is 4.34. The summed E-state index contributed by atoms with van der Waals surface area (Å²) in [7, 11) is 0. The van der Waals surface area contributed by atoms with Crippen LogP contribution < -0.4 is 5.73 Å². The van der Waals surface area contributed by atoms with Crippen molar-refractivity contribution in [3.05, 3.63) is 24.2 Å². The molecule has 2 heterocycles. The fourth-order valence-corrected chi connectivity index (χ4v) is 1.11. The van der Waals surface area contributed by atoms with Gasteiger partial charge in [-0.1, -0.05) is 12.1 Å². The predicted molar refractivity (Wildman–Crippen MR) is 51.3 cm³/mol. The fourth-order valence-electron chi connectivity index (χ4n) is 1.11. The molecule has 0 aromatic carbocycles. The van der Waals surface area contributed by atoms with Gasteiger partial charge in [0.15, 0.2) is 5.82 Å². The van der Waals surface area contributed by atoms with E-state index in [4.69, 9.17) is 10.3 Å². The Morgan fingerprint density at radius 1 is 1.50 bits per heavy atom. The molecule has 0 aliphatic rings. The van der Waals surface area contributed by atoms with Crippen LogP contribution in [0.5, 0.6) is 0 Å². The van der Waals surface area contributed by atoms with Crippen molar-refractivity contribution >= 4 is 5.82 Å². The topological polar surface area (TPSA) is 77.8 Å². The lowest BCUT2D eigenvalue weighted by Gasteiger charge is -1.96. The summed E-state index contributed by atoms with van der Waals surface area (Å²) in [6.07, 6.45) is 2.36. The smallest absolute Gasteiger partial charge is 0.261 e. The zero-order chi connectivity index (χ0) is 9.97. The first-order chi connectivity index (χ1) is 6.81. The Bertz CT molecular complexity index is 438. The van der Waals surface area contributed by atoms with Gasteiger partial charge in [-0.25, -0.2) is 4.98 Å². The molecule has 72 valence electrons. The Morgan fingerprint density at radius 3 is 3.00 bits per heavy atom. The minimum atomic E-state index is 0.402. The van der Waals surface area contributed by atoms with Gasteiger partial charge in [-0.2, -0.15) is 4.98 Å². The fraction of sp³-hybridized carbons (Fsp3) is 0.222. The molecule has 2 aromatic heterocycles. The van der Waals surface area contributed by atoms with Crippen molar-refractivity contribution in [1.82, 2.24) is 15.1 Å². The van der Waals surface area contributed by atoms with Gasteiger partial charge in [-0.15, -0.1) is 0 Å². The molecule has 2 aromatic rings. The number of anilines is 1. The summed E-state index contributed by atoms with van der Waals surface area (Å²) in [6.45, 7) is 1.96. The third-order valence-corrected chi connectivity index (χ3v) is 1.85. The van der Waals surface area contributed by atoms with Gasteiger partial charge in [0.25, 0.3) is 5.89 Å². The number of pyridine rings is 1. The molecular weight excluding hydrogens is 180 g/mol. The third kappa shape index (κ3) is 1.44. The number of nitrogens with zero attached hydrogens (tertiary/aromatic N) is 3. The number of hydrogen-bond acceptors (Lipinski definition) is 5. The normalized spacial score (nSPS) is 10.4. The van der Waals surface area contributed by atoms with Crippen molar-refractivity contribution in [3.63, 3.8) is 0 Å². The number of aryl methyl sites for hydroxylation is 1. The van der Waals surface area contributed by atoms with Gasteiger partial charge in [0.1, 0.15) is 5.82 Å². The summed E-state index contributed by atoms with van der Waals surface area (Å²) in [5.74, 6) is 1.49. The molecule has 2 rings (SSSR count). The Hall–Kier alpha value is -1.91. The van der Waals surface area contributed by atoms with Gasteiger partial charge in [0.2, 0.25) is 0 Å². The number of nitrogens with two attached hydrogens (primary N) is 1. The lowest BCUT2D eigenvalue weighted by molar-refractivity contribution is 0.423. The lowest BCUT2D eigenvalue weighted by atomic mass is 10.2. The molecule has 5 heteroatoms. The molecule has 5 nitrogen and oxygen atoms in total. The van der Waals surface area contributed by atoms with E-state index in [1.54, 1.807) is 18.3 Å². The average Bonchev–Trinajstić information content (AvgIpc) is 2.67. The van der Waals surface area contributed by atoms with E-state index in [1.165, 1.54) is 0 Å². The maximum Gasteiger partial charge on any atom is 0.261 e. The Kier molecular flexibility index (Phi) is 2.14. The van der Waals surface area contributed by atoms with E-state index < -0.39 is 0 Å². The summed E-state index contributed by atoms with van der Waals surface area (Å²) in [5, 5.41) is 3.78. The van der Waals surface area contributed by atoms with Crippen molar-refractivity contribution < 1.29 is 4.52 Å². The second kappa shape index (κ2) is 3.45. The van der Waals surface area contributed by atoms with Crippen LogP contribution in [0.4, 0.5) is 5.82 Å². The quantitative estimate of drug-likeness (QED) is 0.771. The first kappa shape index (κ1) is 8.68. The van der Waals surface area contributed by atoms with E-state index in [0.29, 0.717) is 23.1 Å². The maximum absolute atomic E-state index is 5.66. The van der Waals surface area contributed by atoms with Gasteiger partial charge < -0.3 is 10.3 Å². The number of rotatable bonds is 2. The van der Waals surface area contributed by atoms with Crippen LogP contribution in [0.15, 0.2) is 22.9 Å². The van der Waals surface area contributed by atoms with E-state index >= 15 is 0 Å². The molecule has 0 amide bonds. The highest BCUT2D eigenvalue weighted by Gasteiger charge is 2.10. The largest absolute Gasteiger partial charge is 0.383 e. The van der Waals surface area contributed by atoms with E-state index in [1.807, 2.05) is 6.92 Å². The summed E-state index contributed by atoms with van der Waals surface area (Å²) in [5.41, 5.74) is 6.34.